The maximum atomic E-state index is 4.65. The topological polar surface area (TPSA) is 49.9 Å². The highest BCUT2D eigenvalue weighted by atomic mass is 15.3. The summed E-state index contributed by atoms with van der Waals surface area (Å²) in [6, 6.07) is 10.3. The van der Waals surface area contributed by atoms with E-state index in [1.807, 2.05) is 19.2 Å². The number of imidazole rings is 1. The molecular weight excluding hydrogens is 300 g/mol. The molecule has 0 aliphatic carbocycles. The summed E-state index contributed by atoms with van der Waals surface area (Å²) in [7, 11) is 5.90. The molecule has 0 spiro atoms. The van der Waals surface area contributed by atoms with E-state index in [0.717, 1.165) is 23.8 Å². The van der Waals surface area contributed by atoms with Crippen LogP contribution in [0, 0.1) is 6.92 Å². The first-order valence-corrected chi connectivity index (χ1v) is 8.04. The van der Waals surface area contributed by atoms with Gasteiger partial charge in [0, 0.05) is 44.9 Å². The minimum Gasteiger partial charge on any atom is -0.353 e. The summed E-state index contributed by atoms with van der Waals surface area (Å²) >= 11 is 0. The number of fused-ring (bicyclic) bond motifs is 1. The Balaban J connectivity index is 1.66. The number of hydrogen-bond acceptors (Lipinski definition) is 2. The van der Waals surface area contributed by atoms with Crippen molar-refractivity contribution in [2.45, 2.75) is 20.0 Å². The fourth-order valence-corrected chi connectivity index (χ4v) is 2.82. The fourth-order valence-electron chi connectivity index (χ4n) is 2.82. The lowest BCUT2D eigenvalue weighted by Crippen LogP contribution is -2.38. The van der Waals surface area contributed by atoms with Crippen LogP contribution >= 0.6 is 0 Å². The van der Waals surface area contributed by atoms with Crippen LogP contribution in [-0.4, -0.2) is 38.9 Å². The first-order chi connectivity index (χ1) is 11.6. The average Bonchev–Trinajstić information content (AvgIpc) is 3.15. The van der Waals surface area contributed by atoms with E-state index in [1.165, 1.54) is 11.4 Å². The Kier molecular flexibility index (Phi) is 4.55. The number of aryl methyl sites for hydroxylation is 2. The van der Waals surface area contributed by atoms with E-state index in [2.05, 4.69) is 73.7 Å². The van der Waals surface area contributed by atoms with Gasteiger partial charge in [-0.05, 0) is 31.2 Å². The number of rotatable bonds is 4. The Bertz CT molecular complexity index is 857. The second-order valence-corrected chi connectivity index (χ2v) is 5.99. The van der Waals surface area contributed by atoms with Crippen molar-refractivity contribution in [3.05, 3.63) is 59.8 Å². The van der Waals surface area contributed by atoms with Gasteiger partial charge in [-0.15, -0.1) is 0 Å². The predicted molar refractivity (Wildman–Crippen MR) is 97.0 cm³/mol. The highest BCUT2D eigenvalue weighted by Crippen LogP contribution is 2.09. The molecule has 0 atom stereocenters. The van der Waals surface area contributed by atoms with E-state index in [4.69, 9.17) is 0 Å². The molecule has 0 aliphatic rings. The van der Waals surface area contributed by atoms with Gasteiger partial charge in [0.15, 0.2) is 5.96 Å². The van der Waals surface area contributed by atoms with Gasteiger partial charge in [-0.3, -0.25) is 4.99 Å². The van der Waals surface area contributed by atoms with Crippen LogP contribution in [0.5, 0.6) is 0 Å². The molecule has 0 saturated carbocycles. The molecule has 0 amide bonds. The van der Waals surface area contributed by atoms with Crippen molar-refractivity contribution in [3.8, 4) is 0 Å². The zero-order chi connectivity index (χ0) is 17.1. The second-order valence-electron chi connectivity index (χ2n) is 5.99. The van der Waals surface area contributed by atoms with Crippen LogP contribution in [-0.2, 0) is 20.1 Å². The average molecular weight is 324 g/mol. The van der Waals surface area contributed by atoms with Crippen LogP contribution in [0.15, 0.2) is 47.7 Å². The van der Waals surface area contributed by atoms with Gasteiger partial charge in [-0.25, -0.2) is 4.98 Å². The third-order valence-corrected chi connectivity index (χ3v) is 4.20. The van der Waals surface area contributed by atoms with Crippen LogP contribution in [0.3, 0.4) is 0 Å². The van der Waals surface area contributed by atoms with Crippen molar-refractivity contribution in [3.63, 3.8) is 0 Å². The Hall–Kier alpha value is -2.76. The lowest BCUT2D eigenvalue weighted by molar-refractivity contribution is 0.461. The zero-order valence-corrected chi connectivity index (χ0v) is 14.7. The molecular formula is C18H24N6. The SMILES string of the molecule is CN=C(NCc1cn2c(C)cccc2n1)N(C)Cc1cccn1C. The van der Waals surface area contributed by atoms with Gasteiger partial charge >= 0.3 is 0 Å². The molecule has 1 N–H and O–H groups in total. The largest absolute Gasteiger partial charge is 0.353 e. The number of pyridine rings is 1. The number of nitrogens with zero attached hydrogens (tertiary/aromatic N) is 5. The van der Waals surface area contributed by atoms with Gasteiger partial charge in [0.25, 0.3) is 0 Å². The molecule has 0 aliphatic heterocycles. The van der Waals surface area contributed by atoms with Crippen molar-refractivity contribution in [1.29, 1.82) is 0 Å². The molecule has 0 fully saturated rings. The third-order valence-electron chi connectivity index (χ3n) is 4.20. The maximum Gasteiger partial charge on any atom is 0.194 e. The lowest BCUT2D eigenvalue weighted by atomic mass is 10.4. The Labute approximate surface area is 142 Å². The summed E-state index contributed by atoms with van der Waals surface area (Å²) in [6.07, 6.45) is 4.13. The van der Waals surface area contributed by atoms with Gasteiger partial charge in [0.05, 0.1) is 18.8 Å². The van der Waals surface area contributed by atoms with Crippen molar-refractivity contribution in [2.24, 2.45) is 12.0 Å². The number of aliphatic imine (C=N–C) groups is 1. The van der Waals surface area contributed by atoms with Gasteiger partial charge in [-0.1, -0.05) is 6.07 Å². The van der Waals surface area contributed by atoms with Crippen molar-refractivity contribution >= 4 is 11.6 Å². The van der Waals surface area contributed by atoms with E-state index in [-0.39, 0.29) is 0 Å². The first-order valence-electron chi connectivity index (χ1n) is 8.04. The van der Waals surface area contributed by atoms with Crippen molar-refractivity contribution < 1.29 is 0 Å². The number of hydrogen-bond donors (Lipinski definition) is 1. The molecule has 24 heavy (non-hydrogen) atoms. The van der Waals surface area contributed by atoms with E-state index in [0.29, 0.717) is 6.54 Å². The summed E-state index contributed by atoms with van der Waals surface area (Å²) in [5.74, 6) is 0.852. The van der Waals surface area contributed by atoms with Gasteiger partial charge in [-0.2, -0.15) is 0 Å². The molecule has 0 bridgehead atoms. The van der Waals surface area contributed by atoms with E-state index >= 15 is 0 Å². The molecule has 6 heteroatoms. The normalized spacial score (nSPS) is 11.9. The molecule has 0 unspecified atom stereocenters. The summed E-state index contributed by atoms with van der Waals surface area (Å²) in [5.41, 5.74) is 4.39. The van der Waals surface area contributed by atoms with E-state index in [1.54, 1.807) is 7.05 Å². The highest BCUT2D eigenvalue weighted by Gasteiger charge is 2.09. The summed E-state index contributed by atoms with van der Waals surface area (Å²) in [6.45, 7) is 3.52. The molecule has 0 aromatic carbocycles. The van der Waals surface area contributed by atoms with Crippen molar-refractivity contribution in [2.75, 3.05) is 14.1 Å². The van der Waals surface area contributed by atoms with Gasteiger partial charge in [0.1, 0.15) is 5.65 Å². The quantitative estimate of drug-likeness (QED) is 0.591. The number of aromatic nitrogens is 3. The molecule has 0 radical (unpaired) electrons. The van der Waals surface area contributed by atoms with Crippen LogP contribution < -0.4 is 5.32 Å². The van der Waals surface area contributed by atoms with Crippen LogP contribution in [0.4, 0.5) is 0 Å². The first kappa shape index (κ1) is 16.1. The van der Waals surface area contributed by atoms with E-state index < -0.39 is 0 Å². The zero-order valence-electron chi connectivity index (χ0n) is 14.7. The second kappa shape index (κ2) is 6.78. The summed E-state index contributed by atoms with van der Waals surface area (Å²) < 4.78 is 4.22. The maximum absolute atomic E-state index is 4.65. The molecule has 0 saturated heterocycles. The smallest absolute Gasteiger partial charge is 0.194 e. The Morgan fingerprint density at radius 3 is 2.79 bits per heavy atom. The fraction of sp³-hybridized carbons (Fsp3) is 0.333. The van der Waals surface area contributed by atoms with Gasteiger partial charge in [0.2, 0.25) is 0 Å². The van der Waals surface area contributed by atoms with E-state index in [9.17, 15) is 0 Å². The summed E-state index contributed by atoms with van der Waals surface area (Å²) in [4.78, 5) is 11.1. The minimum atomic E-state index is 0.644. The molecule has 3 rings (SSSR count). The third kappa shape index (κ3) is 3.27. The number of guanidine groups is 1. The minimum absolute atomic E-state index is 0.644. The van der Waals surface area contributed by atoms with Gasteiger partial charge < -0.3 is 19.2 Å². The predicted octanol–water partition coefficient (Wildman–Crippen LogP) is 2.19. The molecule has 3 aromatic rings. The highest BCUT2D eigenvalue weighted by molar-refractivity contribution is 5.79. The summed E-state index contributed by atoms with van der Waals surface area (Å²) in [5, 5.41) is 3.39. The molecule has 126 valence electrons. The van der Waals surface area contributed by atoms with Crippen LogP contribution in [0.25, 0.3) is 5.65 Å². The standard InChI is InChI=1S/C18H24N6/c1-14-7-5-9-17-21-15(12-24(14)17)11-20-18(19-2)23(4)13-16-8-6-10-22(16)3/h5-10,12H,11,13H2,1-4H3,(H,19,20). The van der Waals surface area contributed by atoms with Crippen molar-refractivity contribution in [1.82, 2.24) is 24.2 Å². The van der Waals surface area contributed by atoms with Crippen LogP contribution in [0.2, 0.25) is 0 Å². The molecule has 6 nitrogen and oxygen atoms in total. The lowest BCUT2D eigenvalue weighted by Gasteiger charge is -2.22. The Morgan fingerprint density at radius 2 is 2.12 bits per heavy atom. The van der Waals surface area contributed by atoms with Crippen LogP contribution in [0.1, 0.15) is 17.1 Å². The molecule has 3 heterocycles. The number of nitrogens with one attached hydrogen (secondary N) is 1. The monoisotopic (exact) mass is 324 g/mol. The molecule has 3 aromatic heterocycles. The Morgan fingerprint density at radius 1 is 1.29 bits per heavy atom.